The standard InChI is InChI=1S/C21H19N5O3/c27-19(12-11-15-7-1-4-10-18(15)26(28)29)24-20-21(25-13-5-6-14-25)23-17-9-3-2-8-16(17)22-20/h1-4,7-12H,5-6,13-14H2,(H,22,24,27)/b12-11+. The second-order valence-electron chi connectivity index (χ2n) is 6.72. The van der Waals surface area contributed by atoms with Gasteiger partial charge >= 0.3 is 0 Å². The van der Waals surface area contributed by atoms with Crippen molar-refractivity contribution in [2.45, 2.75) is 12.8 Å². The first-order chi connectivity index (χ1) is 14.1. The molecule has 2 heterocycles. The second kappa shape index (κ2) is 8.05. The summed E-state index contributed by atoms with van der Waals surface area (Å²) < 4.78 is 0. The van der Waals surface area contributed by atoms with Crippen molar-refractivity contribution < 1.29 is 9.72 Å². The van der Waals surface area contributed by atoms with E-state index >= 15 is 0 Å². The fourth-order valence-electron chi connectivity index (χ4n) is 3.34. The molecule has 0 aliphatic carbocycles. The topological polar surface area (TPSA) is 101 Å². The molecular formula is C21H19N5O3. The first kappa shape index (κ1) is 18.5. The Bertz CT molecular complexity index is 1110. The number of anilines is 2. The van der Waals surface area contributed by atoms with Crippen molar-refractivity contribution in [1.29, 1.82) is 0 Å². The lowest BCUT2D eigenvalue weighted by atomic mass is 10.1. The van der Waals surface area contributed by atoms with Crippen molar-refractivity contribution in [3.8, 4) is 0 Å². The van der Waals surface area contributed by atoms with E-state index in [1.807, 2.05) is 24.3 Å². The van der Waals surface area contributed by atoms with Gasteiger partial charge in [0.1, 0.15) is 0 Å². The molecule has 8 nitrogen and oxygen atoms in total. The van der Waals surface area contributed by atoms with Crippen LogP contribution in [0.2, 0.25) is 0 Å². The van der Waals surface area contributed by atoms with Crippen molar-refractivity contribution in [3.63, 3.8) is 0 Å². The lowest BCUT2D eigenvalue weighted by molar-refractivity contribution is -0.385. The Morgan fingerprint density at radius 3 is 2.41 bits per heavy atom. The minimum absolute atomic E-state index is 0.0557. The van der Waals surface area contributed by atoms with Gasteiger partial charge in [-0.3, -0.25) is 14.9 Å². The largest absolute Gasteiger partial charge is 0.354 e. The third-order valence-electron chi connectivity index (χ3n) is 4.75. The van der Waals surface area contributed by atoms with Crippen molar-refractivity contribution >= 4 is 40.3 Å². The maximum Gasteiger partial charge on any atom is 0.276 e. The van der Waals surface area contributed by atoms with Crippen LogP contribution in [-0.4, -0.2) is 33.9 Å². The highest BCUT2D eigenvalue weighted by Crippen LogP contribution is 2.28. The quantitative estimate of drug-likeness (QED) is 0.405. The van der Waals surface area contributed by atoms with Crippen molar-refractivity contribution in [2.75, 3.05) is 23.3 Å². The molecule has 0 spiro atoms. The van der Waals surface area contributed by atoms with Gasteiger partial charge < -0.3 is 10.2 Å². The SMILES string of the molecule is O=C(/C=C/c1ccccc1[N+](=O)[O-])Nc1nc2ccccc2nc1N1CCCC1. The van der Waals surface area contributed by atoms with Gasteiger partial charge in [-0.2, -0.15) is 0 Å². The fourth-order valence-corrected chi connectivity index (χ4v) is 3.34. The first-order valence-corrected chi connectivity index (χ1v) is 9.36. The number of hydrogen-bond acceptors (Lipinski definition) is 6. The summed E-state index contributed by atoms with van der Waals surface area (Å²) in [5.41, 5.74) is 1.76. The lowest BCUT2D eigenvalue weighted by Crippen LogP contribution is -2.22. The Balaban J connectivity index is 1.62. The predicted octanol–water partition coefficient (Wildman–Crippen LogP) is 3.79. The van der Waals surface area contributed by atoms with Crippen LogP contribution >= 0.6 is 0 Å². The Kier molecular flexibility index (Phi) is 5.15. The average molecular weight is 389 g/mol. The van der Waals surface area contributed by atoms with Crippen LogP contribution in [0.5, 0.6) is 0 Å². The normalized spacial score (nSPS) is 13.9. The number of nitro benzene ring substituents is 1. The number of benzene rings is 2. The van der Waals surface area contributed by atoms with Gasteiger partial charge in [-0.25, -0.2) is 9.97 Å². The molecule has 4 rings (SSSR count). The summed E-state index contributed by atoms with van der Waals surface area (Å²) in [5, 5.41) is 13.9. The van der Waals surface area contributed by atoms with Gasteiger partial charge in [-0.15, -0.1) is 0 Å². The van der Waals surface area contributed by atoms with Gasteiger partial charge in [0.15, 0.2) is 11.6 Å². The minimum atomic E-state index is -0.474. The van der Waals surface area contributed by atoms with E-state index in [0.717, 1.165) is 31.4 Å². The number of para-hydroxylation sites is 3. The molecule has 1 amide bonds. The van der Waals surface area contributed by atoms with Crippen LogP contribution in [0.1, 0.15) is 18.4 Å². The molecule has 3 aromatic rings. The summed E-state index contributed by atoms with van der Waals surface area (Å²) in [6, 6.07) is 13.8. The molecule has 8 heteroatoms. The average Bonchev–Trinajstić information content (AvgIpc) is 3.26. The molecule has 2 aromatic carbocycles. The number of nitrogens with zero attached hydrogens (tertiary/aromatic N) is 4. The Labute approximate surface area is 167 Å². The number of carbonyl (C=O) groups excluding carboxylic acids is 1. The molecule has 29 heavy (non-hydrogen) atoms. The molecule has 0 unspecified atom stereocenters. The van der Waals surface area contributed by atoms with Gasteiger partial charge in [-0.1, -0.05) is 24.3 Å². The summed E-state index contributed by atoms with van der Waals surface area (Å²) in [6.45, 7) is 1.73. The number of nitrogens with one attached hydrogen (secondary N) is 1. The lowest BCUT2D eigenvalue weighted by Gasteiger charge is -2.19. The van der Waals surface area contributed by atoms with Crippen molar-refractivity contribution in [2.24, 2.45) is 0 Å². The zero-order valence-corrected chi connectivity index (χ0v) is 15.6. The Morgan fingerprint density at radius 1 is 1.03 bits per heavy atom. The first-order valence-electron chi connectivity index (χ1n) is 9.36. The number of hydrogen-bond donors (Lipinski definition) is 1. The number of carbonyl (C=O) groups is 1. The maximum atomic E-state index is 12.5. The molecule has 146 valence electrons. The number of nitro groups is 1. The zero-order chi connectivity index (χ0) is 20.2. The predicted molar refractivity (Wildman–Crippen MR) is 112 cm³/mol. The van der Waals surface area contributed by atoms with E-state index in [0.29, 0.717) is 22.7 Å². The highest BCUT2D eigenvalue weighted by atomic mass is 16.6. The van der Waals surface area contributed by atoms with Crippen LogP contribution in [0.4, 0.5) is 17.3 Å². The smallest absolute Gasteiger partial charge is 0.276 e. The summed E-state index contributed by atoms with van der Waals surface area (Å²) in [4.78, 5) is 34.6. The van der Waals surface area contributed by atoms with Crippen LogP contribution in [0.3, 0.4) is 0 Å². The Morgan fingerprint density at radius 2 is 1.69 bits per heavy atom. The molecule has 1 fully saturated rings. The van der Waals surface area contributed by atoms with Crippen LogP contribution < -0.4 is 10.2 Å². The van der Waals surface area contributed by atoms with Crippen LogP contribution in [-0.2, 0) is 4.79 Å². The summed E-state index contributed by atoms with van der Waals surface area (Å²) in [6.07, 6.45) is 4.84. The van der Waals surface area contributed by atoms with Crippen molar-refractivity contribution in [3.05, 3.63) is 70.3 Å². The highest BCUT2D eigenvalue weighted by Gasteiger charge is 2.20. The van der Waals surface area contributed by atoms with E-state index in [1.165, 1.54) is 18.2 Å². The van der Waals surface area contributed by atoms with E-state index in [4.69, 9.17) is 4.98 Å². The molecule has 1 aromatic heterocycles. The summed E-state index contributed by atoms with van der Waals surface area (Å²) in [7, 11) is 0. The Hall–Kier alpha value is -3.81. The number of aromatic nitrogens is 2. The van der Waals surface area contributed by atoms with Gasteiger partial charge in [0, 0.05) is 25.2 Å². The van der Waals surface area contributed by atoms with Crippen LogP contribution in [0, 0.1) is 10.1 Å². The molecule has 1 saturated heterocycles. The molecule has 0 saturated carbocycles. The van der Waals surface area contributed by atoms with Crippen LogP contribution in [0.25, 0.3) is 17.1 Å². The van der Waals surface area contributed by atoms with Gasteiger partial charge in [0.2, 0.25) is 5.91 Å². The van der Waals surface area contributed by atoms with E-state index in [1.54, 1.807) is 18.2 Å². The summed E-state index contributed by atoms with van der Waals surface area (Å²) >= 11 is 0. The number of amides is 1. The van der Waals surface area contributed by atoms with E-state index in [9.17, 15) is 14.9 Å². The molecule has 1 aliphatic rings. The van der Waals surface area contributed by atoms with E-state index < -0.39 is 10.8 Å². The second-order valence-corrected chi connectivity index (χ2v) is 6.72. The molecular weight excluding hydrogens is 370 g/mol. The van der Waals surface area contributed by atoms with Gasteiger partial charge in [-0.05, 0) is 37.1 Å². The summed E-state index contributed by atoms with van der Waals surface area (Å²) in [5.74, 6) is 0.615. The van der Waals surface area contributed by atoms with Gasteiger partial charge in [0.05, 0.1) is 21.5 Å². The minimum Gasteiger partial charge on any atom is -0.354 e. The molecule has 0 bridgehead atoms. The molecule has 1 aliphatic heterocycles. The fraction of sp³-hybridized carbons (Fsp3) is 0.190. The van der Waals surface area contributed by atoms with Crippen molar-refractivity contribution in [1.82, 2.24) is 9.97 Å². The van der Waals surface area contributed by atoms with E-state index in [2.05, 4.69) is 15.2 Å². The molecule has 0 atom stereocenters. The van der Waals surface area contributed by atoms with E-state index in [-0.39, 0.29) is 5.69 Å². The monoisotopic (exact) mass is 389 g/mol. The number of fused-ring (bicyclic) bond motifs is 1. The van der Waals surface area contributed by atoms with Gasteiger partial charge in [0.25, 0.3) is 5.69 Å². The zero-order valence-electron chi connectivity index (χ0n) is 15.6. The molecule has 0 radical (unpaired) electrons. The third-order valence-corrected chi connectivity index (χ3v) is 4.75. The number of rotatable bonds is 5. The highest BCUT2D eigenvalue weighted by molar-refractivity contribution is 6.03. The third kappa shape index (κ3) is 4.06. The van der Waals surface area contributed by atoms with Crippen LogP contribution in [0.15, 0.2) is 54.6 Å². The molecule has 1 N–H and O–H groups in total. The maximum absolute atomic E-state index is 12.5.